The van der Waals surface area contributed by atoms with Crippen molar-refractivity contribution in [3.05, 3.63) is 46.1 Å². The molecular formula is C28H36N3O4P. The fourth-order valence-corrected chi connectivity index (χ4v) is 9.37. The molecule has 2 aliphatic heterocycles. The summed E-state index contributed by atoms with van der Waals surface area (Å²) >= 11 is 0. The predicted molar refractivity (Wildman–Crippen MR) is 139 cm³/mol. The molecule has 7 unspecified atom stereocenters. The third-order valence-corrected chi connectivity index (χ3v) is 10.8. The summed E-state index contributed by atoms with van der Waals surface area (Å²) in [5.41, 5.74) is 1.36. The van der Waals surface area contributed by atoms with E-state index in [9.17, 15) is 19.1 Å². The molecule has 8 heteroatoms. The fraction of sp³-hybridized carbons (Fsp3) is 0.643. The Bertz CT molecular complexity index is 1300. The quantitative estimate of drug-likeness (QED) is 0.568. The summed E-state index contributed by atoms with van der Waals surface area (Å²) in [7, 11) is -4.38. The molecule has 192 valence electrons. The topological polar surface area (TPSA) is 95.7 Å². The van der Waals surface area contributed by atoms with E-state index >= 15 is 0 Å². The Kier molecular flexibility index (Phi) is 5.59. The molecule has 5 fully saturated rings. The van der Waals surface area contributed by atoms with Crippen LogP contribution in [-0.4, -0.2) is 42.4 Å². The van der Waals surface area contributed by atoms with Crippen molar-refractivity contribution in [3.63, 3.8) is 0 Å². The minimum atomic E-state index is -4.38. The van der Waals surface area contributed by atoms with E-state index in [1.54, 1.807) is 0 Å². The molecular weight excluding hydrogens is 473 g/mol. The highest BCUT2D eigenvalue weighted by Gasteiger charge is 2.53. The van der Waals surface area contributed by atoms with E-state index < -0.39 is 7.60 Å². The van der Waals surface area contributed by atoms with Gasteiger partial charge in [0, 0.05) is 30.0 Å². The third-order valence-electron chi connectivity index (χ3n) is 10.3. The van der Waals surface area contributed by atoms with Crippen LogP contribution in [0.25, 0.3) is 17.1 Å². The zero-order valence-electron chi connectivity index (χ0n) is 20.7. The van der Waals surface area contributed by atoms with E-state index in [4.69, 9.17) is 0 Å². The first kappa shape index (κ1) is 23.3. The predicted octanol–water partition coefficient (Wildman–Crippen LogP) is 4.93. The van der Waals surface area contributed by atoms with Crippen molar-refractivity contribution in [2.75, 3.05) is 0 Å². The normalized spacial score (nSPS) is 38.3. The van der Waals surface area contributed by atoms with Crippen molar-refractivity contribution in [2.24, 2.45) is 23.7 Å². The van der Waals surface area contributed by atoms with Crippen LogP contribution in [0.2, 0.25) is 0 Å². The number of para-hydroxylation sites is 2. The van der Waals surface area contributed by atoms with Gasteiger partial charge in [-0.25, -0.2) is 4.98 Å². The molecule has 2 N–H and O–H groups in total. The molecule has 0 radical (unpaired) electrons. The molecule has 3 heterocycles. The first-order valence-corrected chi connectivity index (χ1v) is 15.6. The molecule has 3 saturated carbocycles. The van der Waals surface area contributed by atoms with Crippen LogP contribution in [0.4, 0.5) is 0 Å². The summed E-state index contributed by atoms with van der Waals surface area (Å²) in [6, 6.07) is 9.46. The Balaban J connectivity index is 1.22. The summed E-state index contributed by atoms with van der Waals surface area (Å²) in [6.45, 7) is 0. The number of rotatable bonds is 4. The number of nitrogens with zero attached hydrogens (tertiary/aromatic N) is 3. The molecule has 0 spiro atoms. The largest absolute Gasteiger partial charge is 0.349 e. The summed E-state index contributed by atoms with van der Waals surface area (Å²) in [5, 5.41) is 0. The van der Waals surface area contributed by atoms with Crippen LogP contribution in [0, 0.1) is 23.7 Å². The van der Waals surface area contributed by atoms with E-state index in [2.05, 4.69) is 9.88 Å². The number of benzene rings is 1. The van der Waals surface area contributed by atoms with E-state index in [1.165, 1.54) is 57.4 Å². The van der Waals surface area contributed by atoms with Crippen LogP contribution < -0.4 is 5.56 Å². The Morgan fingerprint density at radius 2 is 1.64 bits per heavy atom. The SMILES string of the molecule is O=c1c(/C=C/P(=O)(O)O)nc2ccccc2n1C1CC2CCCC(C1)N2C1CC2CC3CC(C1)C3C2. The highest BCUT2D eigenvalue weighted by molar-refractivity contribution is 7.55. The van der Waals surface area contributed by atoms with Crippen molar-refractivity contribution in [2.45, 2.75) is 88.4 Å². The van der Waals surface area contributed by atoms with Crippen LogP contribution >= 0.6 is 7.60 Å². The minimum Gasteiger partial charge on any atom is -0.321 e. The summed E-state index contributed by atoms with van der Waals surface area (Å²) in [6.07, 6.45) is 14.0. The monoisotopic (exact) mass is 509 g/mol. The van der Waals surface area contributed by atoms with E-state index in [1.807, 2.05) is 28.8 Å². The van der Waals surface area contributed by atoms with Crippen molar-refractivity contribution >= 4 is 24.7 Å². The van der Waals surface area contributed by atoms with Crippen molar-refractivity contribution < 1.29 is 14.4 Å². The average molecular weight is 510 g/mol. The average Bonchev–Trinajstić information content (AvgIpc) is 3.05. The van der Waals surface area contributed by atoms with Crippen LogP contribution in [0.15, 0.2) is 34.9 Å². The fourth-order valence-electron chi connectivity index (χ4n) is 9.04. The molecule has 36 heavy (non-hydrogen) atoms. The van der Waals surface area contributed by atoms with Crippen molar-refractivity contribution in [1.29, 1.82) is 0 Å². The van der Waals surface area contributed by atoms with Gasteiger partial charge in [0.2, 0.25) is 0 Å². The smallest absolute Gasteiger partial charge is 0.321 e. The molecule has 7 rings (SSSR count). The van der Waals surface area contributed by atoms with Gasteiger partial charge in [0.25, 0.3) is 5.56 Å². The second kappa shape index (κ2) is 8.62. The van der Waals surface area contributed by atoms with Crippen molar-refractivity contribution in [3.8, 4) is 0 Å². The van der Waals surface area contributed by atoms with E-state index in [0.717, 1.165) is 47.8 Å². The molecule has 2 saturated heterocycles. The molecule has 0 amide bonds. The molecule has 3 aliphatic carbocycles. The highest BCUT2D eigenvalue weighted by atomic mass is 31.2. The number of piperidine rings is 2. The zero-order chi connectivity index (χ0) is 24.6. The standard InChI is InChI=1S/C28H36N3O4P/c32-28-26(8-9-36(33,34)35)29-25-6-1-2-7-27(25)31(28)23-15-20-4-3-5-21(16-23)30(20)22-11-17-10-18-13-19(14-22)24(18)12-17/h1-2,6-9,17-24H,3-5,10-16H2,(H2,33,34,35)/b9-8+. The number of hydrogen-bond acceptors (Lipinski definition) is 4. The van der Waals surface area contributed by atoms with Gasteiger partial charge in [0.15, 0.2) is 0 Å². The maximum Gasteiger partial charge on any atom is 0.349 e. The van der Waals surface area contributed by atoms with Gasteiger partial charge in [-0.05, 0) is 99.7 Å². The second-order valence-electron chi connectivity index (χ2n) is 12.3. The lowest BCUT2D eigenvalue weighted by molar-refractivity contribution is -0.0437. The van der Waals surface area contributed by atoms with Crippen LogP contribution in [0.5, 0.6) is 0 Å². The maximum absolute atomic E-state index is 13.7. The Morgan fingerprint density at radius 1 is 0.889 bits per heavy atom. The summed E-state index contributed by atoms with van der Waals surface area (Å²) < 4.78 is 13.3. The third kappa shape index (κ3) is 3.94. The van der Waals surface area contributed by atoms with Gasteiger partial charge in [-0.15, -0.1) is 0 Å². The molecule has 1 aromatic heterocycles. The number of hydrogen-bond donors (Lipinski definition) is 2. The molecule has 5 aliphatic rings. The Hall–Kier alpha value is -1.79. The van der Waals surface area contributed by atoms with Gasteiger partial charge in [-0.2, -0.15) is 0 Å². The maximum atomic E-state index is 13.7. The lowest BCUT2D eigenvalue weighted by atomic mass is 9.64. The molecule has 1 aromatic carbocycles. The second-order valence-corrected chi connectivity index (χ2v) is 13.7. The van der Waals surface area contributed by atoms with Gasteiger partial charge in [0.1, 0.15) is 5.69 Å². The van der Waals surface area contributed by atoms with Gasteiger partial charge in [-0.1, -0.05) is 18.6 Å². The lowest BCUT2D eigenvalue weighted by Crippen LogP contribution is -2.58. The molecule has 4 bridgehead atoms. The van der Waals surface area contributed by atoms with Gasteiger partial charge < -0.3 is 14.4 Å². The number of aromatic nitrogens is 2. The van der Waals surface area contributed by atoms with Gasteiger partial charge >= 0.3 is 7.60 Å². The summed E-state index contributed by atoms with van der Waals surface area (Å²) in [5.74, 6) is 4.70. The lowest BCUT2D eigenvalue weighted by Gasteiger charge is -2.54. The first-order valence-electron chi connectivity index (χ1n) is 13.9. The van der Waals surface area contributed by atoms with Crippen LogP contribution in [0.3, 0.4) is 0 Å². The minimum absolute atomic E-state index is 0.0782. The van der Waals surface area contributed by atoms with Gasteiger partial charge in [-0.3, -0.25) is 14.3 Å². The molecule has 2 aromatic rings. The number of fused-ring (bicyclic) bond motifs is 4. The summed E-state index contributed by atoms with van der Waals surface area (Å²) in [4.78, 5) is 39.7. The molecule has 7 nitrogen and oxygen atoms in total. The molecule has 7 atom stereocenters. The van der Waals surface area contributed by atoms with Gasteiger partial charge in [0.05, 0.1) is 11.0 Å². The van der Waals surface area contributed by atoms with E-state index in [-0.39, 0.29) is 17.3 Å². The first-order chi connectivity index (χ1) is 17.3. The van der Waals surface area contributed by atoms with Crippen LogP contribution in [0.1, 0.15) is 75.9 Å². The Labute approximate surface area is 211 Å². The van der Waals surface area contributed by atoms with E-state index in [0.29, 0.717) is 23.6 Å². The highest BCUT2D eigenvalue weighted by Crippen LogP contribution is 2.59. The Morgan fingerprint density at radius 3 is 2.42 bits per heavy atom. The zero-order valence-corrected chi connectivity index (χ0v) is 21.5. The van der Waals surface area contributed by atoms with Crippen molar-refractivity contribution in [1.82, 2.24) is 14.5 Å². The van der Waals surface area contributed by atoms with Crippen LogP contribution in [-0.2, 0) is 4.57 Å².